The highest BCUT2D eigenvalue weighted by molar-refractivity contribution is 5.82. The monoisotopic (exact) mass is 172 g/mol. The second kappa shape index (κ2) is 2.66. The van der Waals surface area contributed by atoms with Gasteiger partial charge in [0.15, 0.2) is 0 Å². The fourth-order valence-electron chi connectivity index (χ4n) is 1.33. The van der Waals surface area contributed by atoms with E-state index in [0.717, 1.165) is 0 Å². The van der Waals surface area contributed by atoms with Crippen LogP contribution < -0.4 is 5.73 Å². The van der Waals surface area contributed by atoms with Crippen molar-refractivity contribution in [2.45, 2.75) is 13.3 Å². The van der Waals surface area contributed by atoms with Gasteiger partial charge in [-0.05, 0) is 13.3 Å². The number of rotatable bonds is 1. The zero-order chi connectivity index (χ0) is 9.35. The minimum atomic E-state index is -0.986. The Balaban J connectivity index is 2.67. The summed E-state index contributed by atoms with van der Waals surface area (Å²) in [5, 5.41) is 8.60. The molecule has 0 aromatic carbocycles. The Kier molecular flexibility index (Phi) is 1.95. The first-order valence-electron chi connectivity index (χ1n) is 3.73. The van der Waals surface area contributed by atoms with E-state index in [1.807, 2.05) is 0 Å². The van der Waals surface area contributed by atoms with Crippen LogP contribution in [0.2, 0.25) is 0 Å². The number of amides is 2. The van der Waals surface area contributed by atoms with Gasteiger partial charge < -0.3 is 15.7 Å². The summed E-state index contributed by atoms with van der Waals surface area (Å²) in [6, 6.07) is 0. The van der Waals surface area contributed by atoms with E-state index < -0.39 is 17.4 Å². The lowest BCUT2D eigenvalue weighted by Gasteiger charge is -2.18. The molecule has 1 aliphatic heterocycles. The highest BCUT2D eigenvalue weighted by Gasteiger charge is 2.40. The fourth-order valence-corrected chi connectivity index (χ4v) is 1.33. The minimum absolute atomic E-state index is 0.220. The van der Waals surface area contributed by atoms with Crippen molar-refractivity contribution in [1.29, 1.82) is 0 Å². The van der Waals surface area contributed by atoms with Gasteiger partial charge in [-0.15, -0.1) is 0 Å². The summed E-state index contributed by atoms with van der Waals surface area (Å²) in [5.74, 6) is -0.425. The van der Waals surface area contributed by atoms with Crippen LogP contribution in [0.3, 0.4) is 0 Å². The predicted molar refractivity (Wildman–Crippen MR) is 41.5 cm³/mol. The van der Waals surface area contributed by atoms with Crippen LogP contribution in [0, 0.1) is 5.41 Å². The van der Waals surface area contributed by atoms with Gasteiger partial charge in [0, 0.05) is 13.1 Å². The zero-order valence-electron chi connectivity index (χ0n) is 6.91. The summed E-state index contributed by atoms with van der Waals surface area (Å²) in [6.07, 6.45) is -0.464. The molecular weight excluding hydrogens is 160 g/mol. The zero-order valence-corrected chi connectivity index (χ0v) is 6.91. The molecule has 1 atom stereocenters. The standard InChI is InChI=1S/C7H12N2O3/c1-7(5(8)10)2-3-9(4-7)6(11)12/h2-4H2,1H3,(H2,8,10)(H,11,12). The van der Waals surface area contributed by atoms with Crippen LogP contribution in [0.25, 0.3) is 0 Å². The number of carbonyl (C=O) groups is 2. The molecule has 5 nitrogen and oxygen atoms in total. The molecule has 1 fully saturated rings. The average Bonchev–Trinajstić information content (AvgIpc) is 2.33. The Hall–Kier alpha value is -1.26. The number of hydrogen-bond acceptors (Lipinski definition) is 2. The molecule has 5 heteroatoms. The number of primary amides is 1. The SMILES string of the molecule is CC1(C(N)=O)CCN(C(=O)O)C1. The van der Waals surface area contributed by atoms with Gasteiger partial charge in [0.25, 0.3) is 0 Å². The smallest absolute Gasteiger partial charge is 0.407 e. The number of nitrogens with zero attached hydrogens (tertiary/aromatic N) is 1. The molecule has 3 N–H and O–H groups in total. The molecule has 0 radical (unpaired) electrons. The molecule has 1 saturated heterocycles. The Morgan fingerprint density at radius 1 is 1.58 bits per heavy atom. The van der Waals surface area contributed by atoms with Crippen LogP contribution in [0.15, 0.2) is 0 Å². The molecule has 0 spiro atoms. The lowest BCUT2D eigenvalue weighted by atomic mass is 9.89. The number of hydrogen-bond donors (Lipinski definition) is 2. The summed E-state index contributed by atoms with van der Waals surface area (Å²) in [7, 11) is 0. The van der Waals surface area contributed by atoms with E-state index in [-0.39, 0.29) is 6.54 Å². The van der Waals surface area contributed by atoms with Crippen LogP contribution in [0.4, 0.5) is 4.79 Å². The third-order valence-electron chi connectivity index (χ3n) is 2.34. The molecule has 1 heterocycles. The van der Waals surface area contributed by atoms with Gasteiger partial charge in [0.2, 0.25) is 5.91 Å². The molecule has 0 bridgehead atoms. The van der Waals surface area contributed by atoms with E-state index >= 15 is 0 Å². The van der Waals surface area contributed by atoms with Gasteiger partial charge in [-0.1, -0.05) is 0 Å². The number of nitrogens with two attached hydrogens (primary N) is 1. The Morgan fingerprint density at radius 3 is 2.42 bits per heavy atom. The second-order valence-corrected chi connectivity index (χ2v) is 3.38. The van der Waals surface area contributed by atoms with Gasteiger partial charge in [-0.2, -0.15) is 0 Å². The largest absolute Gasteiger partial charge is 0.465 e. The number of carboxylic acid groups (broad SMARTS) is 1. The topological polar surface area (TPSA) is 83.6 Å². The van der Waals surface area contributed by atoms with Crippen LogP contribution >= 0.6 is 0 Å². The molecule has 1 rings (SSSR count). The molecule has 1 aliphatic rings. The summed E-state index contributed by atoms with van der Waals surface area (Å²) < 4.78 is 0. The van der Waals surface area contributed by atoms with Gasteiger partial charge in [0.1, 0.15) is 0 Å². The summed E-state index contributed by atoms with van der Waals surface area (Å²) in [5.41, 5.74) is 4.47. The molecular formula is C7H12N2O3. The summed E-state index contributed by atoms with van der Waals surface area (Å²) in [4.78, 5) is 22.6. The van der Waals surface area contributed by atoms with Crippen molar-refractivity contribution in [2.24, 2.45) is 11.1 Å². The highest BCUT2D eigenvalue weighted by atomic mass is 16.4. The van der Waals surface area contributed by atoms with Gasteiger partial charge in [-0.3, -0.25) is 4.79 Å². The van der Waals surface area contributed by atoms with Crippen LogP contribution in [-0.4, -0.2) is 35.1 Å². The first-order valence-corrected chi connectivity index (χ1v) is 3.73. The van der Waals surface area contributed by atoms with E-state index in [4.69, 9.17) is 10.8 Å². The third kappa shape index (κ3) is 1.34. The van der Waals surface area contributed by atoms with Gasteiger partial charge in [-0.25, -0.2) is 4.79 Å². The number of carbonyl (C=O) groups excluding carboxylic acids is 1. The Morgan fingerprint density at radius 2 is 2.17 bits per heavy atom. The lowest BCUT2D eigenvalue weighted by Crippen LogP contribution is -2.38. The van der Waals surface area contributed by atoms with Crippen molar-refractivity contribution in [1.82, 2.24) is 4.90 Å². The molecule has 0 aromatic rings. The van der Waals surface area contributed by atoms with Gasteiger partial charge in [0.05, 0.1) is 5.41 Å². The quantitative estimate of drug-likeness (QED) is 0.577. The summed E-state index contributed by atoms with van der Waals surface area (Å²) >= 11 is 0. The van der Waals surface area contributed by atoms with Crippen molar-refractivity contribution in [3.05, 3.63) is 0 Å². The van der Waals surface area contributed by atoms with Crippen molar-refractivity contribution in [3.8, 4) is 0 Å². The van der Waals surface area contributed by atoms with Crippen molar-refractivity contribution in [2.75, 3.05) is 13.1 Å². The van der Waals surface area contributed by atoms with Gasteiger partial charge >= 0.3 is 6.09 Å². The lowest BCUT2D eigenvalue weighted by molar-refractivity contribution is -0.126. The second-order valence-electron chi connectivity index (χ2n) is 3.38. The predicted octanol–water partition coefficient (Wildman–Crippen LogP) is -0.138. The van der Waals surface area contributed by atoms with E-state index in [9.17, 15) is 9.59 Å². The Bertz CT molecular complexity index is 229. The van der Waals surface area contributed by atoms with Crippen LogP contribution in [0.1, 0.15) is 13.3 Å². The van der Waals surface area contributed by atoms with Crippen LogP contribution in [0.5, 0.6) is 0 Å². The minimum Gasteiger partial charge on any atom is -0.465 e. The average molecular weight is 172 g/mol. The molecule has 0 aromatic heterocycles. The number of likely N-dealkylation sites (tertiary alicyclic amines) is 1. The molecule has 68 valence electrons. The summed E-state index contributed by atoms with van der Waals surface area (Å²) in [6.45, 7) is 2.31. The Labute approximate surface area is 70.1 Å². The highest BCUT2D eigenvalue weighted by Crippen LogP contribution is 2.29. The maximum atomic E-state index is 10.9. The molecule has 0 aliphatic carbocycles. The normalized spacial score (nSPS) is 28.9. The molecule has 2 amide bonds. The van der Waals surface area contributed by atoms with Crippen molar-refractivity contribution < 1.29 is 14.7 Å². The molecule has 12 heavy (non-hydrogen) atoms. The van der Waals surface area contributed by atoms with Crippen molar-refractivity contribution in [3.63, 3.8) is 0 Å². The fraction of sp³-hybridized carbons (Fsp3) is 0.714. The molecule has 1 unspecified atom stereocenters. The molecule has 0 saturated carbocycles. The van der Waals surface area contributed by atoms with Crippen LogP contribution in [-0.2, 0) is 4.79 Å². The van der Waals surface area contributed by atoms with E-state index in [2.05, 4.69) is 0 Å². The first kappa shape index (κ1) is 8.83. The van der Waals surface area contributed by atoms with E-state index in [0.29, 0.717) is 13.0 Å². The first-order chi connectivity index (χ1) is 5.46. The van der Waals surface area contributed by atoms with E-state index in [1.165, 1.54) is 4.90 Å². The maximum Gasteiger partial charge on any atom is 0.407 e. The van der Waals surface area contributed by atoms with Crippen molar-refractivity contribution >= 4 is 12.0 Å². The third-order valence-corrected chi connectivity index (χ3v) is 2.34. The van der Waals surface area contributed by atoms with E-state index in [1.54, 1.807) is 6.92 Å². The maximum absolute atomic E-state index is 10.9.